The smallest absolute Gasteiger partial charge is 0.323 e. The monoisotopic (exact) mass is 260 g/mol. The first-order valence-electron chi connectivity index (χ1n) is 6.18. The largest absolute Gasteiger partial charge is 0.468 e. The average Bonchev–Trinajstić information content (AvgIpc) is 2.37. The van der Waals surface area contributed by atoms with Crippen LogP contribution in [0.2, 0.25) is 0 Å². The van der Waals surface area contributed by atoms with Gasteiger partial charge >= 0.3 is 5.97 Å². The summed E-state index contributed by atoms with van der Waals surface area (Å²) in [6, 6.07) is 9.03. The molecule has 0 heterocycles. The van der Waals surface area contributed by atoms with E-state index in [1.54, 1.807) is 6.07 Å². The van der Waals surface area contributed by atoms with Crippen molar-refractivity contribution in [3.8, 4) is 6.07 Å². The fourth-order valence-corrected chi connectivity index (χ4v) is 1.83. The second-order valence-corrected chi connectivity index (χ2v) is 5.52. The van der Waals surface area contributed by atoms with E-state index in [1.165, 1.54) is 7.11 Å². The van der Waals surface area contributed by atoms with Crippen LogP contribution in [-0.2, 0) is 16.1 Å². The molecule has 0 saturated carbocycles. The standard InChI is InChI=1S/C15H20N2O2/c1-15(2,3)13(14(18)19-4)17-10-12-7-5-6-11(8-12)9-16/h5-8,13,17H,10H2,1-4H3/t13-/m1/s1. The average molecular weight is 260 g/mol. The van der Waals surface area contributed by atoms with Crippen molar-refractivity contribution in [2.24, 2.45) is 5.41 Å². The molecule has 0 bridgehead atoms. The summed E-state index contributed by atoms with van der Waals surface area (Å²) in [5, 5.41) is 12.0. The maximum absolute atomic E-state index is 11.8. The highest BCUT2D eigenvalue weighted by Crippen LogP contribution is 2.20. The van der Waals surface area contributed by atoms with Crippen molar-refractivity contribution >= 4 is 5.97 Å². The predicted molar refractivity (Wildman–Crippen MR) is 73.3 cm³/mol. The van der Waals surface area contributed by atoms with Crippen LogP contribution in [0, 0.1) is 16.7 Å². The number of esters is 1. The van der Waals surface area contributed by atoms with Crippen molar-refractivity contribution in [1.82, 2.24) is 5.32 Å². The highest BCUT2D eigenvalue weighted by atomic mass is 16.5. The molecule has 0 amide bonds. The van der Waals surface area contributed by atoms with Gasteiger partial charge in [-0.1, -0.05) is 32.9 Å². The van der Waals surface area contributed by atoms with Gasteiger partial charge in [-0.25, -0.2) is 0 Å². The molecule has 4 nitrogen and oxygen atoms in total. The quantitative estimate of drug-likeness (QED) is 0.843. The lowest BCUT2D eigenvalue weighted by Crippen LogP contribution is -2.46. The number of carbonyl (C=O) groups excluding carboxylic acids is 1. The number of nitrogens with one attached hydrogen (secondary N) is 1. The third-order valence-electron chi connectivity index (χ3n) is 2.87. The normalized spacial score (nSPS) is 12.6. The highest BCUT2D eigenvalue weighted by Gasteiger charge is 2.31. The fraction of sp³-hybridized carbons (Fsp3) is 0.467. The van der Waals surface area contributed by atoms with E-state index in [0.29, 0.717) is 12.1 Å². The Balaban J connectivity index is 2.77. The molecule has 0 spiro atoms. The van der Waals surface area contributed by atoms with Crippen molar-refractivity contribution in [1.29, 1.82) is 5.26 Å². The van der Waals surface area contributed by atoms with Gasteiger partial charge in [0.1, 0.15) is 6.04 Å². The molecule has 1 atom stereocenters. The van der Waals surface area contributed by atoms with Gasteiger partial charge in [-0.2, -0.15) is 5.26 Å². The van der Waals surface area contributed by atoms with Crippen LogP contribution in [0.5, 0.6) is 0 Å². The van der Waals surface area contributed by atoms with Crippen LogP contribution in [0.15, 0.2) is 24.3 Å². The summed E-state index contributed by atoms with van der Waals surface area (Å²) in [6.45, 7) is 6.46. The van der Waals surface area contributed by atoms with Crippen molar-refractivity contribution in [3.63, 3.8) is 0 Å². The van der Waals surface area contributed by atoms with E-state index in [1.807, 2.05) is 39.0 Å². The Hall–Kier alpha value is -1.86. The molecule has 0 aliphatic heterocycles. The molecule has 0 aliphatic carbocycles. The Bertz CT molecular complexity index is 484. The van der Waals surface area contributed by atoms with E-state index in [2.05, 4.69) is 11.4 Å². The fourth-order valence-electron chi connectivity index (χ4n) is 1.83. The molecule has 1 rings (SSSR count). The van der Waals surface area contributed by atoms with Gasteiger partial charge in [0.15, 0.2) is 0 Å². The van der Waals surface area contributed by atoms with Crippen molar-refractivity contribution in [2.45, 2.75) is 33.4 Å². The second-order valence-electron chi connectivity index (χ2n) is 5.52. The summed E-state index contributed by atoms with van der Waals surface area (Å²) in [5.41, 5.74) is 1.35. The van der Waals surface area contributed by atoms with Crippen LogP contribution in [0.3, 0.4) is 0 Å². The molecule has 1 aromatic rings. The molecule has 0 saturated heterocycles. The van der Waals surface area contributed by atoms with Gasteiger partial charge in [-0.3, -0.25) is 10.1 Å². The number of carbonyl (C=O) groups is 1. The Morgan fingerprint density at radius 3 is 2.68 bits per heavy atom. The summed E-state index contributed by atoms with van der Waals surface area (Å²) in [4.78, 5) is 11.8. The first-order chi connectivity index (χ1) is 8.88. The molecule has 0 aromatic heterocycles. The van der Waals surface area contributed by atoms with E-state index in [9.17, 15) is 4.79 Å². The van der Waals surface area contributed by atoms with Crippen molar-refractivity contribution in [2.75, 3.05) is 7.11 Å². The Labute approximate surface area is 114 Å². The maximum atomic E-state index is 11.8. The summed E-state index contributed by atoms with van der Waals surface area (Å²) < 4.78 is 4.82. The SMILES string of the molecule is COC(=O)[C@@H](NCc1cccc(C#N)c1)C(C)(C)C. The lowest BCUT2D eigenvalue weighted by Gasteiger charge is -2.29. The van der Waals surface area contributed by atoms with Gasteiger partial charge < -0.3 is 4.74 Å². The minimum atomic E-state index is -0.386. The van der Waals surface area contributed by atoms with E-state index in [-0.39, 0.29) is 17.4 Å². The molecular formula is C15H20N2O2. The van der Waals surface area contributed by atoms with Crippen LogP contribution in [0.25, 0.3) is 0 Å². The topological polar surface area (TPSA) is 62.1 Å². The molecular weight excluding hydrogens is 240 g/mol. The number of nitrogens with zero attached hydrogens (tertiary/aromatic N) is 1. The van der Waals surface area contributed by atoms with Crippen LogP contribution in [0.4, 0.5) is 0 Å². The Morgan fingerprint density at radius 2 is 2.16 bits per heavy atom. The number of benzene rings is 1. The number of methoxy groups -OCH3 is 1. The van der Waals surface area contributed by atoms with E-state index in [4.69, 9.17) is 10.00 Å². The zero-order valence-electron chi connectivity index (χ0n) is 11.9. The maximum Gasteiger partial charge on any atom is 0.323 e. The van der Waals surface area contributed by atoms with Crippen LogP contribution < -0.4 is 5.32 Å². The third kappa shape index (κ3) is 4.38. The van der Waals surface area contributed by atoms with Gasteiger partial charge in [-0.05, 0) is 23.1 Å². The summed E-state index contributed by atoms with van der Waals surface area (Å²) >= 11 is 0. The molecule has 1 aromatic carbocycles. The Kier molecular flexibility index (Phi) is 5.08. The molecule has 19 heavy (non-hydrogen) atoms. The lowest BCUT2D eigenvalue weighted by atomic mass is 9.86. The molecule has 1 N–H and O–H groups in total. The zero-order valence-corrected chi connectivity index (χ0v) is 11.9. The van der Waals surface area contributed by atoms with Crippen LogP contribution >= 0.6 is 0 Å². The summed E-state index contributed by atoms with van der Waals surface area (Å²) in [5.74, 6) is -0.274. The highest BCUT2D eigenvalue weighted by molar-refractivity contribution is 5.76. The molecule has 4 heteroatoms. The van der Waals surface area contributed by atoms with E-state index < -0.39 is 0 Å². The molecule has 0 radical (unpaired) electrons. The Morgan fingerprint density at radius 1 is 1.47 bits per heavy atom. The van der Waals surface area contributed by atoms with E-state index in [0.717, 1.165) is 5.56 Å². The zero-order chi connectivity index (χ0) is 14.5. The van der Waals surface area contributed by atoms with E-state index >= 15 is 0 Å². The van der Waals surface area contributed by atoms with Crippen LogP contribution in [0.1, 0.15) is 31.9 Å². The summed E-state index contributed by atoms with van der Waals surface area (Å²) in [7, 11) is 1.39. The minimum Gasteiger partial charge on any atom is -0.468 e. The number of hydrogen-bond donors (Lipinski definition) is 1. The third-order valence-corrected chi connectivity index (χ3v) is 2.87. The first kappa shape index (κ1) is 15.2. The van der Waals surface area contributed by atoms with Gasteiger partial charge in [0.2, 0.25) is 0 Å². The van der Waals surface area contributed by atoms with Crippen LogP contribution in [-0.4, -0.2) is 19.1 Å². The molecule has 102 valence electrons. The van der Waals surface area contributed by atoms with Gasteiger partial charge in [0.05, 0.1) is 18.7 Å². The van der Waals surface area contributed by atoms with Gasteiger partial charge in [0.25, 0.3) is 0 Å². The van der Waals surface area contributed by atoms with Crippen molar-refractivity contribution in [3.05, 3.63) is 35.4 Å². The summed E-state index contributed by atoms with van der Waals surface area (Å²) in [6.07, 6.45) is 0. The van der Waals surface area contributed by atoms with Gasteiger partial charge in [-0.15, -0.1) is 0 Å². The molecule has 0 aliphatic rings. The molecule has 0 unspecified atom stereocenters. The van der Waals surface area contributed by atoms with Crippen molar-refractivity contribution < 1.29 is 9.53 Å². The second kappa shape index (κ2) is 6.35. The predicted octanol–water partition coefficient (Wildman–Crippen LogP) is 2.24. The lowest BCUT2D eigenvalue weighted by molar-refractivity contribution is -0.146. The number of nitriles is 1. The number of rotatable bonds is 4. The first-order valence-corrected chi connectivity index (χ1v) is 6.18. The van der Waals surface area contributed by atoms with Gasteiger partial charge in [0, 0.05) is 6.54 Å². The minimum absolute atomic E-state index is 0.236. The number of ether oxygens (including phenoxy) is 1. The molecule has 0 fully saturated rings. The number of hydrogen-bond acceptors (Lipinski definition) is 4.